The average molecular weight is 368 g/mol. The fourth-order valence-corrected chi connectivity index (χ4v) is 2.37. The van der Waals surface area contributed by atoms with Gasteiger partial charge in [0, 0.05) is 5.56 Å². The fraction of sp³-hybridized carbons (Fsp3) is 0.400. The number of hydrogen-bond acceptors (Lipinski definition) is 4. The van der Waals surface area contributed by atoms with Crippen LogP contribution in [0, 0.1) is 0 Å². The fourth-order valence-electron chi connectivity index (χ4n) is 2.37. The Balaban J connectivity index is 2.56. The molecule has 0 atom stereocenters. The summed E-state index contributed by atoms with van der Waals surface area (Å²) in [5.74, 6) is -0.253. The molecular formula is C15H14F6N2O2. The maximum Gasteiger partial charge on any atom is 0.430 e. The zero-order chi connectivity index (χ0) is 19.2. The van der Waals surface area contributed by atoms with Crippen molar-refractivity contribution in [2.45, 2.75) is 37.7 Å². The number of nitrogen functional groups attached to an aromatic ring is 1. The van der Waals surface area contributed by atoms with E-state index in [0.717, 1.165) is 12.1 Å². The Labute approximate surface area is 138 Å². The highest BCUT2D eigenvalue weighted by molar-refractivity contribution is 5.75. The predicted molar refractivity (Wildman–Crippen MR) is 76.4 cm³/mol. The number of nitrogens with two attached hydrogens (primary N) is 1. The number of hydrogen-bond donors (Lipinski definition) is 2. The molecule has 25 heavy (non-hydrogen) atoms. The van der Waals surface area contributed by atoms with E-state index in [-0.39, 0.29) is 22.9 Å². The largest absolute Gasteiger partial charge is 0.430 e. The highest BCUT2D eigenvalue weighted by atomic mass is 19.4. The topological polar surface area (TPSA) is 72.3 Å². The van der Waals surface area contributed by atoms with Crippen molar-refractivity contribution in [1.82, 2.24) is 5.16 Å². The first kappa shape index (κ1) is 19.1. The molecule has 2 rings (SSSR count). The molecule has 4 nitrogen and oxygen atoms in total. The van der Waals surface area contributed by atoms with E-state index in [1.165, 1.54) is 0 Å². The summed E-state index contributed by atoms with van der Waals surface area (Å²) in [7, 11) is 0. The predicted octanol–water partition coefficient (Wildman–Crippen LogP) is 4.36. The Morgan fingerprint density at radius 2 is 1.48 bits per heavy atom. The molecule has 0 unspecified atom stereocenters. The summed E-state index contributed by atoms with van der Waals surface area (Å²) in [5.41, 5.74) is 0.224. The van der Waals surface area contributed by atoms with Crippen LogP contribution < -0.4 is 5.73 Å². The van der Waals surface area contributed by atoms with Crippen molar-refractivity contribution in [3.8, 4) is 11.1 Å². The zero-order valence-corrected chi connectivity index (χ0v) is 13.0. The zero-order valence-electron chi connectivity index (χ0n) is 13.0. The number of halogens is 6. The van der Waals surface area contributed by atoms with Crippen molar-refractivity contribution in [2.24, 2.45) is 0 Å². The molecule has 0 aliphatic rings. The van der Waals surface area contributed by atoms with Crippen LogP contribution in [0.4, 0.5) is 32.2 Å². The second kappa shape index (κ2) is 5.94. The molecule has 1 aromatic heterocycles. The number of aliphatic hydroxyl groups is 1. The summed E-state index contributed by atoms with van der Waals surface area (Å²) in [6, 6.07) is 3.08. The summed E-state index contributed by atoms with van der Waals surface area (Å²) in [6.45, 7) is 3.53. The molecule has 0 saturated heterocycles. The minimum absolute atomic E-state index is 0.113. The number of alkyl halides is 6. The normalized spacial score (nSPS) is 13.5. The maximum atomic E-state index is 12.9. The molecule has 0 amide bonds. The summed E-state index contributed by atoms with van der Waals surface area (Å²) in [6.07, 6.45) is -11.9. The first-order valence-electron chi connectivity index (χ1n) is 7.02. The van der Waals surface area contributed by atoms with E-state index in [2.05, 4.69) is 5.16 Å². The van der Waals surface area contributed by atoms with Gasteiger partial charge in [0.15, 0.2) is 0 Å². The number of aromatic nitrogens is 1. The van der Waals surface area contributed by atoms with Gasteiger partial charge in [-0.05, 0) is 11.5 Å². The van der Waals surface area contributed by atoms with Gasteiger partial charge in [0.1, 0.15) is 0 Å². The molecule has 138 valence electrons. The van der Waals surface area contributed by atoms with Crippen LogP contribution in [-0.4, -0.2) is 22.6 Å². The minimum Gasteiger partial charge on any atom is -0.369 e. The van der Waals surface area contributed by atoms with Crippen molar-refractivity contribution in [3.05, 3.63) is 35.5 Å². The van der Waals surface area contributed by atoms with E-state index in [4.69, 9.17) is 10.3 Å². The third-order valence-electron chi connectivity index (χ3n) is 3.70. The molecule has 0 fully saturated rings. The standard InChI is InChI=1S/C15H14F6N2O2/c1-7(2)11-10(12(22)25-23-11)8-3-5-9(6-4-8)13(24,14(16,17)18)15(19,20)21/h3-7,24H,22H2,1-2H3. The van der Waals surface area contributed by atoms with E-state index in [9.17, 15) is 31.4 Å². The summed E-state index contributed by atoms with van der Waals surface area (Å²) in [4.78, 5) is 0. The van der Waals surface area contributed by atoms with Crippen molar-refractivity contribution in [1.29, 1.82) is 0 Å². The Morgan fingerprint density at radius 1 is 1.00 bits per heavy atom. The molecule has 10 heteroatoms. The Morgan fingerprint density at radius 3 is 1.88 bits per heavy atom. The van der Waals surface area contributed by atoms with E-state index < -0.39 is 23.5 Å². The lowest BCUT2D eigenvalue weighted by atomic mass is 9.90. The van der Waals surface area contributed by atoms with Crippen LogP contribution in [0.2, 0.25) is 0 Å². The van der Waals surface area contributed by atoms with Crippen LogP contribution in [0.5, 0.6) is 0 Å². The molecule has 0 radical (unpaired) electrons. The number of nitrogens with zero attached hydrogens (tertiary/aromatic N) is 1. The van der Waals surface area contributed by atoms with Gasteiger partial charge in [-0.2, -0.15) is 26.3 Å². The number of rotatable bonds is 3. The number of benzene rings is 1. The third-order valence-corrected chi connectivity index (χ3v) is 3.70. The molecule has 0 spiro atoms. The highest BCUT2D eigenvalue weighted by Gasteiger charge is 2.71. The van der Waals surface area contributed by atoms with Gasteiger partial charge in [0.05, 0.1) is 11.3 Å². The van der Waals surface area contributed by atoms with Gasteiger partial charge < -0.3 is 15.4 Å². The van der Waals surface area contributed by atoms with E-state index in [1.807, 2.05) is 0 Å². The quantitative estimate of drug-likeness (QED) is 0.790. The van der Waals surface area contributed by atoms with Gasteiger partial charge in [0.25, 0.3) is 5.60 Å². The molecule has 2 aromatic rings. The molecule has 0 bridgehead atoms. The van der Waals surface area contributed by atoms with Crippen LogP contribution in [0.1, 0.15) is 31.0 Å². The Bertz CT molecular complexity index is 733. The second-order valence-electron chi connectivity index (χ2n) is 5.75. The highest BCUT2D eigenvalue weighted by Crippen LogP contribution is 2.50. The van der Waals surface area contributed by atoms with Gasteiger partial charge in [-0.1, -0.05) is 43.3 Å². The lowest BCUT2D eigenvalue weighted by Gasteiger charge is -2.32. The van der Waals surface area contributed by atoms with Crippen molar-refractivity contribution in [3.63, 3.8) is 0 Å². The van der Waals surface area contributed by atoms with Gasteiger partial charge in [0.2, 0.25) is 5.88 Å². The van der Waals surface area contributed by atoms with Gasteiger partial charge in [-0.15, -0.1) is 0 Å². The lowest BCUT2D eigenvalue weighted by molar-refractivity contribution is -0.376. The Kier molecular flexibility index (Phi) is 4.54. The van der Waals surface area contributed by atoms with Crippen LogP contribution >= 0.6 is 0 Å². The van der Waals surface area contributed by atoms with Crippen molar-refractivity contribution < 1.29 is 36.0 Å². The SMILES string of the molecule is CC(C)c1noc(N)c1-c1ccc(C(O)(C(F)(F)F)C(F)(F)F)cc1. The van der Waals surface area contributed by atoms with Crippen LogP contribution in [0.25, 0.3) is 11.1 Å². The smallest absolute Gasteiger partial charge is 0.369 e. The first-order valence-corrected chi connectivity index (χ1v) is 7.02. The van der Waals surface area contributed by atoms with Gasteiger partial charge in [-0.3, -0.25) is 0 Å². The van der Waals surface area contributed by atoms with Gasteiger partial charge in [-0.25, -0.2) is 0 Å². The van der Waals surface area contributed by atoms with Crippen LogP contribution in [-0.2, 0) is 5.60 Å². The lowest BCUT2D eigenvalue weighted by Crippen LogP contribution is -2.53. The van der Waals surface area contributed by atoms with Crippen LogP contribution in [0.3, 0.4) is 0 Å². The van der Waals surface area contributed by atoms with Crippen LogP contribution in [0.15, 0.2) is 28.8 Å². The Hall–Kier alpha value is -2.23. The second-order valence-corrected chi connectivity index (χ2v) is 5.75. The van der Waals surface area contributed by atoms with Crippen molar-refractivity contribution in [2.75, 3.05) is 5.73 Å². The molecule has 0 saturated carbocycles. The van der Waals surface area contributed by atoms with E-state index >= 15 is 0 Å². The molecule has 3 N–H and O–H groups in total. The first-order chi connectivity index (χ1) is 11.3. The monoisotopic (exact) mass is 368 g/mol. The molecular weight excluding hydrogens is 354 g/mol. The summed E-state index contributed by atoms with van der Waals surface area (Å²) < 4.78 is 82.1. The van der Waals surface area contributed by atoms with Crippen molar-refractivity contribution >= 4 is 5.88 Å². The number of anilines is 1. The molecule has 1 heterocycles. The summed E-state index contributed by atoms with van der Waals surface area (Å²) in [5, 5.41) is 13.1. The van der Waals surface area contributed by atoms with E-state index in [1.54, 1.807) is 13.8 Å². The third kappa shape index (κ3) is 3.06. The minimum atomic E-state index is -5.94. The van der Waals surface area contributed by atoms with E-state index in [0.29, 0.717) is 17.8 Å². The molecule has 0 aliphatic carbocycles. The van der Waals surface area contributed by atoms with Gasteiger partial charge >= 0.3 is 12.4 Å². The molecule has 0 aliphatic heterocycles. The molecule has 1 aromatic carbocycles. The maximum absolute atomic E-state index is 12.9. The summed E-state index contributed by atoms with van der Waals surface area (Å²) >= 11 is 0. The average Bonchev–Trinajstić information content (AvgIpc) is 2.86.